The van der Waals surface area contributed by atoms with E-state index < -0.39 is 11.9 Å². The summed E-state index contributed by atoms with van der Waals surface area (Å²) in [6.45, 7) is 0. The fraction of sp³-hybridized carbons (Fsp3) is 0.545. The van der Waals surface area contributed by atoms with Crippen LogP contribution in [0.4, 0.5) is 0 Å². The first-order valence-corrected chi connectivity index (χ1v) is 10.0. The molecule has 0 amide bonds. The molecule has 1 aliphatic carbocycles. The Morgan fingerprint density at radius 1 is 1.21 bits per heavy atom. The van der Waals surface area contributed by atoms with Crippen molar-refractivity contribution in [2.75, 3.05) is 7.11 Å². The van der Waals surface area contributed by atoms with Crippen molar-refractivity contribution in [2.45, 2.75) is 57.4 Å². The number of carboxylic acids is 1. The van der Waals surface area contributed by atoms with E-state index in [-0.39, 0.29) is 6.04 Å². The molecule has 1 fully saturated rings. The molecule has 1 aliphatic rings. The van der Waals surface area contributed by atoms with Crippen LogP contribution in [0.3, 0.4) is 0 Å². The minimum Gasteiger partial charge on any atom is -0.505 e. The minimum absolute atomic E-state index is 0.0868. The Morgan fingerprint density at radius 3 is 2.57 bits per heavy atom. The molecule has 1 atom stereocenters. The van der Waals surface area contributed by atoms with Crippen molar-refractivity contribution in [2.24, 2.45) is 11.8 Å². The molecule has 2 rings (SSSR count). The van der Waals surface area contributed by atoms with E-state index in [4.69, 9.17) is 14.7 Å². The highest BCUT2D eigenvalue weighted by atomic mass is 16.7. The number of unbranched alkanes of at least 4 members (excludes halogenated alkanes) is 1. The van der Waals surface area contributed by atoms with E-state index >= 15 is 0 Å². The fourth-order valence-corrected chi connectivity index (χ4v) is 3.91. The number of hydrogen-bond donors (Lipinski definition) is 2. The van der Waals surface area contributed by atoms with Gasteiger partial charge in [-0.1, -0.05) is 49.6 Å². The van der Waals surface area contributed by atoms with Crippen molar-refractivity contribution >= 4 is 11.9 Å². The second-order valence-electron chi connectivity index (χ2n) is 7.43. The summed E-state index contributed by atoms with van der Waals surface area (Å²) in [6, 6.07) is 9.90. The molecule has 154 valence electrons. The zero-order valence-corrected chi connectivity index (χ0v) is 16.5. The molecule has 0 bridgehead atoms. The van der Waals surface area contributed by atoms with Crippen molar-refractivity contribution in [3.63, 3.8) is 0 Å². The van der Waals surface area contributed by atoms with Crippen LogP contribution in [0.1, 0.15) is 50.5 Å². The Kier molecular flexibility index (Phi) is 9.55. The number of aliphatic carboxylic acids is 1. The number of carboxylic acid groups (broad SMARTS) is 1. The summed E-state index contributed by atoms with van der Waals surface area (Å²) in [4.78, 5) is 26.9. The maximum Gasteiger partial charge on any atom is 0.435 e. The third-order valence-corrected chi connectivity index (χ3v) is 5.45. The molecular formula is C22H31NO5. The molecule has 0 spiro atoms. The van der Waals surface area contributed by atoms with Crippen molar-refractivity contribution in [1.29, 1.82) is 0 Å². The van der Waals surface area contributed by atoms with Crippen LogP contribution >= 0.6 is 0 Å². The van der Waals surface area contributed by atoms with Crippen LogP contribution in [0, 0.1) is 11.8 Å². The molecule has 1 aromatic carbocycles. The number of benzene rings is 1. The Labute approximate surface area is 166 Å². The van der Waals surface area contributed by atoms with Gasteiger partial charge in [0.05, 0.1) is 13.4 Å². The van der Waals surface area contributed by atoms with Gasteiger partial charge in [-0.15, -0.1) is 5.48 Å². The number of hydroxylamine groups is 1. The molecule has 6 heteroatoms. The molecule has 2 N–H and O–H groups in total. The van der Waals surface area contributed by atoms with Crippen molar-refractivity contribution < 1.29 is 24.3 Å². The minimum atomic E-state index is -1.59. The lowest BCUT2D eigenvalue weighted by atomic mass is 9.76. The predicted octanol–water partition coefficient (Wildman–Crippen LogP) is 3.87. The zero-order chi connectivity index (χ0) is 20.2. The summed E-state index contributed by atoms with van der Waals surface area (Å²) >= 11 is 0. The molecule has 0 aromatic heterocycles. The number of ether oxygens (including phenoxy) is 1. The van der Waals surface area contributed by atoms with E-state index in [1.54, 1.807) is 13.4 Å². The Bertz CT molecular complexity index is 623. The Balaban J connectivity index is 1.85. The highest BCUT2D eigenvalue weighted by Crippen LogP contribution is 2.34. The molecule has 0 radical (unpaired) electrons. The van der Waals surface area contributed by atoms with Gasteiger partial charge in [0.25, 0.3) is 0 Å². The van der Waals surface area contributed by atoms with Crippen LogP contribution in [-0.4, -0.2) is 30.2 Å². The average molecular weight is 389 g/mol. The third kappa shape index (κ3) is 7.72. The highest BCUT2D eigenvalue weighted by Gasteiger charge is 2.29. The second-order valence-corrected chi connectivity index (χ2v) is 7.43. The number of rotatable bonds is 10. The van der Waals surface area contributed by atoms with Gasteiger partial charge in [0.15, 0.2) is 0 Å². The van der Waals surface area contributed by atoms with Gasteiger partial charge in [-0.3, -0.25) is 0 Å². The molecule has 1 aromatic rings. The summed E-state index contributed by atoms with van der Waals surface area (Å²) in [5.74, 6) is -1.77. The van der Waals surface area contributed by atoms with E-state index in [9.17, 15) is 9.59 Å². The molecule has 6 nitrogen and oxygen atoms in total. The predicted molar refractivity (Wildman–Crippen MR) is 106 cm³/mol. The van der Waals surface area contributed by atoms with Crippen molar-refractivity contribution in [3.8, 4) is 0 Å². The van der Waals surface area contributed by atoms with E-state index in [0.29, 0.717) is 12.3 Å². The van der Waals surface area contributed by atoms with Crippen LogP contribution < -0.4 is 5.48 Å². The maximum atomic E-state index is 11.3. The zero-order valence-electron chi connectivity index (χ0n) is 16.5. The van der Waals surface area contributed by atoms with Crippen LogP contribution in [0.5, 0.6) is 0 Å². The monoisotopic (exact) mass is 389 g/mol. The standard InChI is InChI=1S/C22H31NO5/c1-27-15-7-3-6-8-17-11-13-19(14-12-17)20(23-28-22(26)21(24)25)16-18-9-4-2-5-10-18/h2,4-5,7,9-10,15,17,19-20,23H,3,6,8,11-14,16H2,1H3,(H,24,25). The van der Waals surface area contributed by atoms with Gasteiger partial charge >= 0.3 is 11.9 Å². The topological polar surface area (TPSA) is 84.9 Å². The number of allylic oxidation sites excluding steroid dienone is 1. The first-order chi connectivity index (χ1) is 13.6. The number of methoxy groups -OCH3 is 1. The lowest BCUT2D eigenvalue weighted by Crippen LogP contribution is -2.42. The number of hydrogen-bond acceptors (Lipinski definition) is 5. The third-order valence-electron chi connectivity index (χ3n) is 5.45. The normalized spacial score (nSPS) is 20.6. The van der Waals surface area contributed by atoms with Gasteiger partial charge in [0.2, 0.25) is 0 Å². The van der Waals surface area contributed by atoms with Crippen LogP contribution in [0.2, 0.25) is 0 Å². The molecule has 0 saturated heterocycles. The van der Waals surface area contributed by atoms with Gasteiger partial charge in [-0.2, -0.15) is 0 Å². The molecule has 0 aliphatic heterocycles. The van der Waals surface area contributed by atoms with Gasteiger partial charge in [-0.25, -0.2) is 9.59 Å². The maximum absolute atomic E-state index is 11.3. The summed E-state index contributed by atoms with van der Waals surface area (Å²) < 4.78 is 4.92. The van der Waals surface area contributed by atoms with E-state index in [1.165, 1.54) is 6.42 Å². The fourth-order valence-electron chi connectivity index (χ4n) is 3.91. The van der Waals surface area contributed by atoms with E-state index in [2.05, 4.69) is 11.6 Å². The first kappa shape index (κ1) is 22.0. The largest absolute Gasteiger partial charge is 0.505 e. The van der Waals surface area contributed by atoms with Gasteiger partial charge in [0, 0.05) is 6.04 Å². The van der Waals surface area contributed by atoms with Crippen molar-refractivity contribution in [3.05, 3.63) is 48.2 Å². The van der Waals surface area contributed by atoms with Gasteiger partial charge < -0.3 is 14.7 Å². The lowest BCUT2D eigenvalue weighted by molar-refractivity contribution is -0.170. The summed E-state index contributed by atoms with van der Waals surface area (Å²) in [7, 11) is 1.66. The molecular weight excluding hydrogens is 358 g/mol. The average Bonchev–Trinajstić information content (AvgIpc) is 2.72. The van der Waals surface area contributed by atoms with Crippen LogP contribution in [0.15, 0.2) is 42.7 Å². The summed E-state index contributed by atoms with van der Waals surface area (Å²) in [6.07, 6.45) is 12.3. The Hall–Kier alpha value is -2.34. The van der Waals surface area contributed by atoms with E-state index in [1.807, 2.05) is 30.3 Å². The van der Waals surface area contributed by atoms with E-state index in [0.717, 1.165) is 50.0 Å². The number of carbonyl (C=O) groups excluding carboxylic acids is 1. The highest BCUT2D eigenvalue weighted by molar-refractivity contribution is 6.28. The second kappa shape index (κ2) is 12.2. The van der Waals surface area contributed by atoms with Gasteiger partial charge in [0.1, 0.15) is 0 Å². The number of carbonyl (C=O) groups is 2. The molecule has 1 unspecified atom stereocenters. The summed E-state index contributed by atoms with van der Waals surface area (Å²) in [5.41, 5.74) is 3.88. The number of nitrogens with one attached hydrogen (secondary N) is 1. The smallest absolute Gasteiger partial charge is 0.435 e. The lowest BCUT2D eigenvalue weighted by Gasteiger charge is -2.34. The first-order valence-electron chi connectivity index (χ1n) is 10.0. The molecule has 0 heterocycles. The van der Waals surface area contributed by atoms with Crippen LogP contribution in [0.25, 0.3) is 0 Å². The SMILES string of the molecule is COC=CCCCC1CCC(C(Cc2ccccc2)NOC(=O)C(=O)O)CC1. The van der Waals surface area contributed by atoms with Crippen molar-refractivity contribution in [1.82, 2.24) is 5.48 Å². The van der Waals surface area contributed by atoms with Gasteiger partial charge in [-0.05, 0) is 55.6 Å². The molecule has 28 heavy (non-hydrogen) atoms. The summed E-state index contributed by atoms with van der Waals surface area (Å²) in [5, 5.41) is 8.74. The quantitative estimate of drug-likeness (QED) is 0.273. The molecule has 1 saturated carbocycles. The van der Waals surface area contributed by atoms with Crippen LogP contribution in [-0.2, 0) is 25.6 Å². The Morgan fingerprint density at radius 2 is 1.93 bits per heavy atom.